The minimum absolute atomic E-state index is 0.588. The summed E-state index contributed by atoms with van der Waals surface area (Å²) in [5.41, 5.74) is 0.926. The van der Waals surface area contributed by atoms with Crippen molar-refractivity contribution in [2.45, 2.75) is 6.42 Å². The Labute approximate surface area is 71.2 Å². The summed E-state index contributed by atoms with van der Waals surface area (Å²) < 4.78 is 1.74. The Morgan fingerprint density at radius 2 is 2.55 bits per heavy atom. The van der Waals surface area contributed by atoms with E-state index in [2.05, 4.69) is 16.9 Å². The number of halogens is 1. The second kappa shape index (κ2) is 4.05. The molecule has 0 aliphatic rings. The van der Waals surface area contributed by atoms with Gasteiger partial charge in [-0.05, 0) is 12.0 Å². The third-order valence-corrected chi connectivity index (χ3v) is 1.45. The largest absolute Gasteiger partial charge is 0.260 e. The van der Waals surface area contributed by atoms with Gasteiger partial charge in [0, 0.05) is 19.3 Å². The van der Waals surface area contributed by atoms with E-state index < -0.39 is 0 Å². The van der Waals surface area contributed by atoms with Gasteiger partial charge in [0.1, 0.15) is 5.69 Å². The van der Waals surface area contributed by atoms with Gasteiger partial charge in [0.05, 0.1) is 6.20 Å². The molecule has 3 heteroatoms. The van der Waals surface area contributed by atoms with Crippen LogP contribution in [0.25, 0.3) is 0 Å². The summed E-state index contributed by atoms with van der Waals surface area (Å²) in [6, 6.07) is 1.88. The molecule has 0 unspecified atom stereocenters. The van der Waals surface area contributed by atoms with Crippen molar-refractivity contribution >= 4 is 11.6 Å². The van der Waals surface area contributed by atoms with Gasteiger partial charge < -0.3 is 0 Å². The monoisotopic (exact) mass is 168 g/mol. The van der Waals surface area contributed by atoms with E-state index in [-0.39, 0.29) is 0 Å². The average molecular weight is 169 g/mol. The number of nitrogens with zero attached hydrogens (tertiary/aromatic N) is 2. The molecule has 0 atom stereocenters. The van der Waals surface area contributed by atoms with Crippen LogP contribution in [-0.4, -0.2) is 15.7 Å². The maximum absolute atomic E-state index is 5.46. The molecule has 1 heterocycles. The molecule has 0 bridgehead atoms. The maximum Gasteiger partial charge on any atom is 0.110 e. The fourth-order valence-electron chi connectivity index (χ4n) is 0.697. The number of aryl methyl sites for hydroxylation is 1. The number of rotatable bonds is 1. The fraction of sp³-hybridized carbons (Fsp3) is 0.375. The van der Waals surface area contributed by atoms with Gasteiger partial charge >= 0.3 is 0 Å². The molecular formula is C8H9ClN2. The standard InChI is InChI=1S/C8H9ClN2/c1-11-8(5-7-10-11)4-2-3-6-9/h5,7H,3,6H2,1H3. The SMILES string of the molecule is Cn1nccc1C#CCCCl. The lowest BCUT2D eigenvalue weighted by molar-refractivity contribution is 0.757. The Bertz CT molecular complexity index is 280. The summed E-state index contributed by atoms with van der Waals surface area (Å²) in [6.07, 6.45) is 2.46. The van der Waals surface area contributed by atoms with Crippen molar-refractivity contribution in [1.82, 2.24) is 9.78 Å². The summed E-state index contributed by atoms with van der Waals surface area (Å²) >= 11 is 5.46. The van der Waals surface area contributed by atoms with E-state index in [1.165, 1.54) is 0 Å². The number of aromatic nitrogens is 2. The zero-order valence-corrected chi connectivity index (χ0v) is 7.10. The summed E-state index contributed by atoms with van der Waals surface area (Å²) in [6.45, 7) is 0. The van der Waals surface area contributed by atoms with Gasteiger partial charge in [-0.15, -0.1) is 11.6 Å². The Hall–Kier alpha value is -0.940. The Morgan fingerprint density at radius 3 is 3.09 bits per heavy atom. The van der Waals surface area contributed by atoms with Gasteiger partial charge in [-0.2, -0.15) is 5.10 Å². The molecule has 1 rings (SSSR count). The molecule has 0 fully saturated rings. The smallest absolute Gasteiger partial charge is 0.110 e. The minimum atomic E-state index is 0.588. The van der Waals surface area contributed by atoms with Crippen LogP contribution in [0, 0.1) is 11.8 Å². The van der Waals surface area contributed by atoms with E-state index in [9.17, 15) is 0 Å². The van der Waals surface area contributed by atoms with Crippen LogP contribution in [0.15, 0.2) is 12.3 Å². The van der Waals surface area contributed by atoms with Crippen LogP contribution in [-0.2, 0) is 7.05 Å². The molecule has 1 aromatic rings. The highest BCUT2D eigenvalue weighted by molar-refractivity contribution is 6.18. The molecule has 0 saturated carbocycles. The fourth-order valence-corrected chi connectivity index (χ4v) is 0.791. The quantitative estimate of drug-likeness (QED) is 0.458. The van der Waals surface area contributed by atoms with Gasteiger partial charge in [0.25, 0.3) is 0 Å². The minimum Gasteiger partial charge on any atom is -0.260 e. The van der Waals surface area contributed by atoms with Crippen molar-refractivity contribution in [3.63, 3.8) is 0 Å². The molecule has 0 radical (unpaired) electrons. The molecule has 0 saturated heterocycles. The highest BCUT2D eigenvalue weighted by Crippen LogP contribution is 1.92. The van der Waals surface area contributed by atoms with Crippen molar-refractivity contribution in [1.29, 1.82) is 0 Å². The predicted octanol–water partition coefficient (Wildman–Crippen LogP) is 1.40. The third kappa shape index (κ3) is 2.28. The van der Waals surface area contributed by atoms with Gasteiger partial charge in [0.2, 0.25) is 0 Å². The van der Waals surface area contributed by atoms with Gasteiger partial charge in [-0.3, -0.25) is 4.68 Å². The average Bonchev–Trinajstić information content (AvgIpc) is 2.37. The van der Waals surface area contributed by atoms with Crippen LogP contribution in [0.5, 0.6) is 0 Å². The lowest BCUT2D eigenvalue weighted by Crippen LogP contribution is -1.92. The Morgan fingerprint density at radius 1 is 1.73 bits per heavy atom. The van der Waals surface area contributed by atoms with E-state index in [0.29, 0.717) is 5.88 Å². The number of hydrogen-bond acceptors (Lipinski definition) is 1. The molecule has 1 aromatic heterocycles. The van der Waals surface area contributed by atoms with E-state index >= 15 is 0 Å². The Kier molecular flexibility index (Phi) is 3.00. The van der Waals surface area contributed by atoms with Crippen LogP contribution in [0.1, 0.15) is 12.1 Å². The van der Waals surface area contributed by atoms with Crippen LogP contribution >= 0.6 is 11.6 Å². The number of hydrogen-bond donors (Lipinski definition) is 0. The van der Waals surface area contributed by atoms with E-state index in [1.807, 2.05) is 13.1 Å². The zero-order chi connectivity index (χ0) is 8.10. The first kappa shape index (κ1) is 8.16. The molecule has 0 aliphatic carbocycles. The van der Waals surface area contributed by atoms with Crippen LogP contribution in [0.3, 0.4) is 0 Å². The molecule has 2 nitrogen and oxygen atoms in total. The lowest BCUT2D eigenvalue weighted by atomic mass is 10.4. The van der Waals surface area contributed by atoms with E-state index in [4.69, 9.17) is 11.6 Å². The molecule has 0 aliphatic heterocycles. The highest BCUT2D eigenvalue weighted by Gasteiger charge is 1.89. The van der Waals surface area contributed by atoms with E-state index in [1.54, 1.807) is 10.9 Å². The van der Waals surface area contributed by atoms with Crippen LogP contribution in [0.2, 0.25) is 0 Å². The first-order valence-electron chi connectivity index (χ1n) is 3.37. The van der Waals surface area contributed by atoms with E-state index in [0.717, 1.165) is 12.1 Å². The first-order chi connectivity index (χ1) is 5.34. The highest BCUT2D eigenvalue weighted by atomic mass is 35.5. The predicted molar refractivity (Wildman–Crippen MR) is 45.4 cm³/mol. The summed E-state index contributed by atoms with van der Waals surface area (Å²) in [5, 5.41) is 3.98. The molecular weight excluding hydrogens is 160 g/mol. The molecule has 11 heavy (non-hydrogen) atoms. The second-order valence-electron chi connectivity index (χ2n) is 2.08. The van der Waals surface area contributed by atoms with Crippen molar-refractivity contribution in [3.8, 4) is 11.8 Å². The van der Waals surface area contributed by atoms with Crippen molar-refractivity contribution in [2.75, 3.05) is 5.88 Å². The first-order valence-corrected chi connectivity index (χ1v) is 3.91. The van der Waals surface area contributed by atoms with Crippen molar-refractivity contribution in [2.24, 2.45) is 7.05 Å². The third-order valence-electron chi connectivity index (χ3n) is 1.26. The van der Waals surface area contributed by atoms with Crippen molar-refractivity contribution < 1.29 is 0 Å². The molecule has 0 spiro atoms. The topological polar surface area (TPSA) is 17.8 Å². The molecule has 58 valence electrons. The normalized spacial score (nSPS) is 8.91. The number of alkyl halides is 1. The molecule has 0 amide bonds. The zero-order valence-electron chi connectivity index (χ0n) is 6.34. The van der Waals surface area contributed by atoms with Crippen LogP contribution in [0.4, 0.5) is 0 Å². The summed E-state index contributed by atoms with van der Waals surface area (Å²) in [5.74, 6) is 6.48. The van der Waals surface area contributed by atoms with Gasteiger partial charge in [0.15, 0.2) is 0 Å². The van der Waals surface area contributed by atoms with Crippen LogP contribution < -0.4 is 0 Å². The molecule has 0 N–H and O–H groups in total. The lowest BCUT2D eigenvalue weighted by Gasteiger charge is -1.88. The molecule has 0 aromatic carbocycles. The van der Waals surface area contributed by atoms with Crippen molar-refractivity contribution in [3.05, 3.63) is 18.0 Å². The second-order valence-corrected chi connectivity index (χ2v) is 2.46. The summed E-state index contributed by atoms with van der Waals surface area (Å²) in [4.78, 5) is 0. The van der Waals surface area contributed by atoms with Gasteiger partial charge in [-0.1, -0.05) is 5.92 Å². The van der Waals surface area contributed by atoms with Gasteiger partial charge in [-0.25, -0.2) is 0 Å². The maximum atomic E-state index is 5.46. The summed E-state index contributed by atoms with van der Waals surface area (Å²) in [7, 11) is 1.87. The Balaban J connectivity index is 2.65.